The van der Waals surface area contributed by atoms with E-state index in [1.165, 1.54) is 7.11 Å². The number of carbonyl (C=O) groups excluding carboxylic acids is 1. The molecule has 1 heterocycles. The van der Waals surface area contributed by atoms with Gasteiger partial charge in [-0.2, -0.15) is 0 Å². The van der Waals surface area contributed by atoms with E-state index in [-0.39, 0.29) is 6.61 Å². The zero-order valence-electron chi connectivity index (χ0n) is 16.2. The maximum atomic E-state index is 11.3. The van der Waals surface area contributed by atoms with Gasteiger partial charge >= 0.3 is 5.97 Å². The van der Waals surface area contributed by atoms with Gasteiger partial charge in [-0.1, -0.05) is 6.07 Å². The summed E-state index contributed by atoms with van der Waals surface area (Å²) < 4.78 is 15.6. The van der Waals surface area contributed by atoms with Crippen LogP contribution in [0.25, 0.3) is 0 Å². The molecule has 27 heavy (non-hydrogen) atoms. The maximum absolute atomic E-state index is 11.3. The third-order valence-corrected chi connectivity index (χ3v) is 5.09. The van der Waals surface area contributed by atoms with Gasteiger partial charge in [0.05, 0.1) is 14.2 Å². The standard InChI is InChI=1S/C20H26N2O4S/c1-15-12-18(17(24-3)13-16(15)26-14-20(23)25-4)27-11-7-10-22(2)19-8-5-6-9-21-19/h5-6,8-9,12-13H,7,10-11,14H2,1-4H3. The molecule has 0 aliphatic rings. The second-order valence-electron chi connectivity index (χ2n) is 5.94. The van der Waals surface area contributed by atoms with Gasteiger partial charge in [0.1, 0.15) is 17.3 Å². The number of nitrogens with zero attached hydrogens (tertiary/aromatic N) is 2. The lowest BCUT2D eigenvalue weighted by Gasteiger charge is -2.18. The van der Waals surface area contributed by atoms with Crippen molar-refractivity contribution in [3.63, 3.8) is 0 Å². The highest BCUT2D eigenvalue weighted by molar-refractivity contribution is 7.99. The highest BCUT2D eigenvalue weighted by atomic mass is 32.2. The Morgan fingerprint density at radius 3 is 2.70 bits per heavy atom. The first-order chi connectivity index (χ1) is 13.0. The van der Waals surface area contributed by atoms with Crippen LogP contribution in [-0.2, 0) is 9.53 Å². The van der Waals surface area contributed by atoms with Gasteiger partial charge in [0, 0.05) is 30.8 Å². The van der Waals surface area contributed by atoms with E-state index >= 15 is 0 Å². The number of ether oxygens (including phenoxy) is 3. The average Bonchev–Trinajstić information content (AvgIpc) is 2.70. The molecule has 1 aromatic carbocycles. The lowest BCUT2D eigenvalue weighted by atomic mass is 10.2. The molecule has 0 N–H and O–H groups in total. The quantitative estimate of drug-likeness (QED) is 0.349. The molecule has 0 radical (unpaired) electrons. The number of esters is 1. The monoisotopic (exact) mass is 390 g/mol. The molecule has 0 aliphatic carbocycles. The zero-order valence-corrected chi connectivity index (χ0v) is 17.0. The van der Waals surface area contributed by atoms with Gasteiger partial charge in [-0.3, -0.25) is 0 Å². The van der Waals surface area contributed by atoms with Crippen molar-refractivity contribution in [1.29, 1.82) is 0 Å². The second-order valence-corrected chi connectivity index (χ2v) is 7.08. The van der Waals surface area contributed by atoms with E-state index in [2.05, 4.69) is 14.6 Å². The van der Waals surface area contributed by atoms with E-state index in [9.17, 15) is 4.79 Å². The Labute approximate surface area is 164 Å². The van der Waals surface area contributed by atoms with Crippen molar-refractivity contribution in [3.8, 4) is 11.5 Å². The molecule has 2 aromatic rings. The Morgan fingerprint density at radius 2 is 2.04 bits per heavy atom. The van der Waals surface area contributed by atoms with E-state index in [1.807, 2.05) is 44.3 Å². The summed E-state index contributed by atoms with van der Waals surface area (Å²) in [6, 6.07) is 9.76. The lowest BCUT2D eigenvalue weighted by molar-refractivity contribution is -0.142. The molecule has 0 spiro atoms. The molecule has 0 amide bonds. The van der Waals surface area contributed by atoms with Crippen LogP contribution in [0.1, 0.15) is 12.0 Å². The highest BCUT2D eigenvalue weighted by Crippen LogP contribution is 2.35. The molecule has 0 unspecified atom stereocenters. The lowest BCUT2D eigenvalue weighted by Crippen LogP contribution is -2.19. The molecular formula is C20H26N2O4S. The Bertz CT molecular complexity index is 740. The molecule has 0 aliphatic heterocycles. The summed E-state index contributed by atoms with van der Waals surface area (Å²) in [5.41, 5.74) is 0.952. The molecule has 0 saturated carbocycles. The number of methoxy groups -OCH3 is 2. The van der Waals surface area contributed by atoms with Crippen LogP contribution in [0.15, 0.2) is 41.4 Å². The van der Waals surface area contributed by atoms with Crippen LogP contribution < -0.4 is 14.4 Å². The normalized spacial score (nSPS) is 10.4. The number of aryl methyl sites for hydroxylation is 1. The molecule has 146 valence electrons. The number of aromatic nitrogens is 1. The van der Waals surface area contributed by atoms with Gasteiger partial charge in [-0.05, 0) is 42.9 Å². The van der Waals surface area contributed by atoms with E-state index in [4.69, 9.17) is 9.47 Å². The fraction of sp³-hybridized carbons (Fsp3) is 0.400. The highest BCUT2D eigenvalue weighted by Gasteiger charge is 2.12. The van der Waals surface area contributed by atoms with E-state index in [0.717, 1.165) is 40.7 Å². The number of hydrogen-bond acceptors (Lipinski definition) is 7. The molecule has 7 heteroatoms. The van der Waals surface area contributed by atoms with Crippen LogP contribution in [0, 0.1) is 6.92 Å². The Balaban J connectivity index is 1.90. The minimum Gasteiger partial charge on any atom is -0.495 e. The number of thioether (sulfide) groups is 1. The summed E-state index contributed by atoms with van der Waals surface area (Å²) in [4.78, 5) is 18.8. The van der Waals surface area contributed by atoms with Crippen molar-refractivity contribution in [2.24, 2.45) is 0 Å². The van der Waals surface area contributed by atoms with Crippen LogP contribution in [0.3, 0.4) is 0 Å². The Hall–Kier alpha value is -2.41. The minimum atomic E-state index is -0.413. The van der Waals surface area contributed by atoms with E-state index < -0.39 is 5.97 Å². The maximum Gasteiger partial charge on any atom is 0.343 e. The minimum absolute atomic E-state index is 0.118. The molecule has 0 fully saturated rings. The molecule has 2 rings (SSSR count). The summed E-state index contributed by atoms with van der Waals surface area (Å²) in [6.07, 6.45) is 2.82. The van der Waals surface area contributed by atoms with Crippen molar-refractivity contribution in [2.45, 2.75) is 18.2 Å². The van der Waals surface area contributed by atoms with Crippen molar-refractivity contribution < 1.29 is 19.0 Å². The van der Waals surface area contributed by atoms with Gasteiger partial charge in [-0.25, -0.2) is 9.78 Å². The molecule has 1 aromatic heterocycles. The van der Waals surface area contributed by atoms with Crippen LogP contribution >= 0.6 is 11.8 Å². The first-order valence-corrected chi connectivity index (χ1v) is 9.67. The van der Waals surface area contributed by atoms with Crippen LogP contribution in [-0.4, -0.2) is 51.1 Å². The van der Waals surface area contributed by atoms with Crippen molar-refractivity contribution in [2.75, 3.05) is 45.1 Å². The van der Waals surface area contributed by atoms with Gasteiger partial charge in [0.2, 0.25) is 0 Å². The predicted octanol–water partition coefficient (Wildman–Crippen LogP) is 3.57. The fourth-order valence-corrected chi connectivity index (χ4v) is 3.48. The Kier molecular flexibility index (Phi) is 8.26. The zero-order chi connectivity index (χ0) is 19.6. The van der Waals surface area contributed by atoms with Gasteiger partial charge in [-0.15, -0.1) is 11.8 Å². The van der Waals surface area contributed by atoms with Gasteiger partial charge in [0.25, 0.3) is 0 Å². The summed E-state index contributed by atoms with van der Waals surface area (Å²) in [7, 11) is 5.02. The van der Waals surface area contributed by atoms with E-state index in [0.29, 0.717) is 5.75 Å². The molecule has 0 bridgehead atoms. The SMILES string of the molecule is COC(=O)COc1cc(OC)c(SCCCN(C)c2ccccn2)cc1C. The van der Waals surface area contributed by atoms with Gasteiger partial charge < -0.3 is 19.1 Å². The van der Waals surface area contributed by atoms with Gasteiger partial charge in [0.15, 0.2) is 6.61 Å². The summed E-state index contributed by atoms with van der Waals surface area (Å²) in [5.74, 6) is 2.88. The molecule has 6 nitrogen and oxygen atoms in total. The molecule has 0 saturated heterocycles. The van der Waals surface area contributed by atoms with E-state index in [1.54, 1.807) is 25.1 Å². The van der Waals surface area contributed by atoms with Crippen LogP contribution in [0.2, 0.25) is 0 Å². The number of anilines is 1. The van der Waals surface area contributed by atoms with Crippen molar-refractivity contribution in [3.05, 3.63) is 42.1 Å². The third kappa shape index (κ3) is 6.36. The second kappa shape index (κ2) is 10.7. The number of carbonyl (C=O) groups is 1. The topological polar surface area (TPSA) is 60.9 Å². The number of pyridine rings is 1. The smallest absolute Gasteiger partial charge is 0.343 e. The summed E-state index contributed by atoms with van der Waals surface area (Å²) >= 11 is 1.74. The molecular weight excluding hydrogens is 364 g/mol. The third-order valence-electron chi connectivity index (χ3n) is 3.97. The van der Waals surface area contributed by atoms with Crippen molar-refractivity contribution >= 4 is 23.5 Å². The Morgan fingerprint density at radius 1 is 1.22 bits per heavy atom. The largest absolute Gasteiger partial charge is 0.495 e. The molecule has 0 atom stereocenters. The van der Waals surface area contributed by atoms with Crippen LogP contribution in [0.4, 0.5) is 5.82 Å². The average molecular weight is 391 g/mol. The predicted molar refractivity (Wildman–Crippen MR) is 108 cm³/mol. The number of benzene rings is 1. The van der Waals surface area contributed by atoms with Crippen molar-refractivity contribution in [1.82, 2.24) is 4.98 Å². The number of hydrogen-bond donors (Lipinski definition) is 0. The first-order valence-electron chi connectivity index (χ1n) is 8.68. The first kappa shape index (κ1) is 20.9. The van der Waals surface area contributed by atoms with Crippen LogP contribution in [0.5, 0.6) is 11.5 Å². The number of rotatable bonds is 10. The fourth-order valence-electron chi connectivity index (χ4n) is 2.44. The summed E-state index contributed by atoms with van der Waals surface area (Å²) in [6.45, 7) is 2.75. The summed E-state index contributed by atoms with van der Waals surface area (Å²) in [5, 5.41) is 0.